The minimum Gasteiger partial charge on any atom is -0.295 e. The number of para-hydroxylation sites is 1. The van der Waals surface area contributed by atoms with Gasteiger partial charge in [0.05, 0.1) is 22.7 Å². The fourth-order valence-electron chi connectivity index (χ4n) is 3.19. The number of hydrogen-bond donors (Lipinski definition) is 1. The third kappa shape index (κ3) is 4.61. The Hall–Kier alpha value is -3.36. The maximum absolute atomic E-state index is 12.7. The van der Waals surface area contributed by atoms with Crippen molar-refractivity contribution in [2.24, 2.45) is 4.99 Å². The van der Waals surface area contributed by atoms with Gasteiger partial charge >= 0.3 is 0 Å². The highest BCUT2D eigenvalue weighted by atomic mass is 35.5. The summed E-state index contributed by atoms with van der Waals surface area (Å²) in [5.74, 6) is -0.352. The third-order valence-corrected chi connectivity index (χ3v) is 6.01. The van der Waals surface area contributed by atoms with Gasteiger partial charge in [-0.3, -0.25) is 29.4 Å². The molecule has 2 heterocycles. The van der Waals surface area contributed by atoms with Gasteiger partial charge in [-0.05, 0) is 54.6 Å². The molecule has 162 valence electrons. The molecule has 4 rings (SSSR count). The van der Waals surface area contributed by atoms with Crippen molar-refractivity contribution < 1.29 is 9.59 Å². The Labute approximate surface area is 193 Å². The predicted octanol–water partition coefficient (Wildman–Crippen LogP) is 4.28. The van der Waals surface area contributed by atoms with Crippen LogP contribution in [0.5, 0.6) is 0 Å². The number of carbonyl (C=O) groups is 2. The molecule has 0 radical (unpaired) electrons. The molecule has 1 aromatic heterocycles. The molecule has 2 amide bonds. The molecule has 0 aliphatic carbocycles. The van der Waals surface area contributed by atoms with Crippen molar-refractivity contribution in [1.29, 1.82) is 0 Å². The lowest BCUT2D eigenvalue weighted by Gasteiger charge is -2.09. The van der Waals surface area contributed by atoms with E-state index in [0.29, 0.717) is 21.2 Å². The van der Waals surface area contributed by atoms with Crippen molar-refractivity contribution in [3.05, 3.63) is 91.7 Å². The number of carbonyl (C=O) groups excluding carboxylic acids is 2. The second kappa shape index (κ2) is 9.42. The van der Waals surface area contributed by atoms with Crippen LogP contribution >= 0.6 is 23.4 Å². The molecular weight excluding hydrogens is 448 g/mol. The highest BCUT2D eigenvalue weighted by Gasteiger charge is 2.34. The summed E-state index contributed by atoms with van der Waals surface area (Å²) in [5.41, 5.74) is 2.42. The number of nitrogens with one attached hydrogen (secondary N) is 1. The minimum atomic E-state index is -0.352. The molecule has 0 atom stereocenters. The van der Waals surface area contributed by atoms with Gasteiger partial charge in [-0.2, -0.15) is 0 Å². The Kier molecular flexibility index (Phi) is 6.43. The Bertz CT molecular complexity index is 1280. The summed E-state index contributed by atoms with van der Waals surface area (Å²) >= 11 is 6.78. The molecule has 2 aromatic carbocycles. The van der Waals surface area contributed by atoms with Crippen molar-refractivity contribution in [3.63, 3.8) is 0 Å². The first-order chi connectivity index (χ1) is 15.4. The summed E-state index contributed by atoms with van der Waals surface area (Å²) in [4.78, 5) is 43.3. The van der Waals surface area contributed by atoms with Gasteiger partial charge in [-0.25, -0.2) is 4.68 Å². The second-order valence-corrected chi connectivity index (χ2v) is 8.48. The predicted molar refractivity (Wildman–Crippen MR) is 128 cm³/mol. The Morgan fingerprint density at radius 3 is 2.50 bits per heavy atom. The van der Waals surface area contributed by atoms with Crippen LogP contribution < -0.4 is 5.56 Å². The SMILES string of the molecule is Cc1[nH]n(-c2ccccc2)c(=O)c1C=NCCN1C(=O)SC(=Cc2ccc(Cl)cc2)C1=O. The maximum Gasteiger partial charge on any atom is 0.293 e. The van der Waals surface area contributed by atoms with E-state index in [0.717, 1.165) is 27.9 Å². The van der Waals surface area contributed by atoms with Gasteiger partial charge in [0.2, 0.25) is 0 Å². The maximum atomic E-state index is 12.7. The number of aryl methyl sites for hydroxylation is 1. The Morgan fingerprint density at radius 1 is 1.06 bits per heavy atom. The molecule has 1 aliphatic rings. The molecule has 0 unspecified atom stereocenters. The van der Waals surface area contributed by atoms with Crippen molar-refractivity contribution in [1.82, 2.24) is 14.7 Å². The van der Waals surface area contributed by atoms with Gasteiger partial charge in [0.15, 0.2) is 0 Å². The van der Waals surface area contributed by atoms with Crippen molar-refractivity contribution in [2.75, 3.05) is 13.1 Å². The molecule has 3 aromatic rings. The Morgan fingerprint density at radius 2 is 1.78 bits per heavy atom. The standard InChI is InChI=1S/C23H19ClN4O3S/c1-15-19(21(29)28(26-15)18-5-3-2-4-6-18)14-25-11-12-27-22(30)20(32-23(27)31)13-16-7-9-17(24)10-8-16/h2-10,13-14,26H,11-12H2,1H3. The summed E-state index contributed by atoms with van der Waals surface area (Å²) in [6.07, 6.45) is 3.15. The molecule has 32 heavy (non-hydrogen) atoms. The van der Waals surface area contributed by atoms with E-state index in [2.05, 4.69) is 10.1 Å². The highest BCUT2D eigenvalue weighted by molar-refractivity contribution is 8.18. The van der Waals surface area contributed by atoms with Crippen LogP contribution in [0.25, 0.3) is 11.8 Å². The van der Waals surface area contributed by atoms with Crippen LogP contribution in [0.15, 0.2) is 69.3 Å². The van der Waals surface area contributed by atoms with Crippen LogP contribution in [0.2, 0.25) is 5.02 Å². The van der Waals surface area contributed by atoms with E-state index in [-0.39, 0.29) is 29.8 Å². The average molecular weight is 467 g/mol. The number of imide groups is 1. The monoisotopic (exact) mass is 466 g/mol. The van der Waals surface area contributed by atoms with Gasteiger partial charge < -0.3 is 0 Å². The van der Waals surface area contributed by atoms with Crippen molar-refractivity contribution in [3.8, 4) is 5.69 Å². The number of amides is 2. The molecule has 0 spiro atoms. The zero-order chi connectivity index (χ0) is 22.7. The van der Waals surface area contributed by atoms with Gasteiger partial charge in [-0.15, -0.1) is 0 Å². The fraction of sp³-hybridized carbons (Fsp3) is 0.130. The van der Waals surface area contributed by atoms with Crippen LogP contribution in [-0.4, -0.2) is 45.1 Å². The molecule has 0 saturated carbocycles. The van der Waals surface area contributed by atoms with Gasteiger partial charge in [0.1, 0.15) is 0 Å². The minimum absolute atomic E-state index is 0.134. The number of halogens is 1. The number of hydrogen-bond acceptors (Lipinski definition) is 5. The zero-order valence-electron chi connectivity index (χ0n) is 17.1. The summed E-state index contributed by atoms with van der Waals surface area (Å²) in [6.45, 7) is 2.12. The molecule has 1 N–H and O–H groups in total. The smallest absolute Gasteiger partial charge is 0.293 e. The first kappa shape index (κ1) is 21.9. The summed E-state index contributed by atoms with van der Waals surface area (Å²) in [5, 5.41) is 3.29. The second-order valence-electron chi connectivity index (χ2n) is 7.05. The normalized spacial score (nSPS) is 15.4. The average Bonchev–Trinajstić information content (AvgIpc) is 3.22. The van der Waals surface area contributed by atoms with Crippen LogP contribution in [0, 0.1) is 6.92 Å². The molecule has 0 bridgehead atoms. The quantitative estimate of drug-likeness (QED) is 0.433. The number of thioether (sulfide) groups is 1. The highest BCUT2D eigenvalue weighted by Crippen LogP contribution is 2.32. The van der Waals surface area contributed by atoms with Crippen molar-refractivity contribution >= 4 is 46.8 Å². The van der Waals surface area contributed by atoms with E-state index in [1.54, 1.807) is 37.3 Å². The van der Waals surface area contributed by atoms with E-state index in [1.165, 1.54) is 10.9 Å². The molecule has 7 nitrogen and oxygen atoms in total. The third-order valence-electron chi connectivity index (χ3n) is 4.85. The summed E-state index contributed by atoms with van der Waals surface area (Å²) < 4.78 is 1.45. The van der Waals surface area contributed by atoms with Crippen molar-refractivity contribution in [2.45, 2.75) is 6.92 Å². The first-order valence-corrected chi connectivity index (χ1v) is 11.0. The number of H-pyrrole nitrogens is 1. The number of aromatic amines is 1. The molecule has 9 heteroatoms. The van der Waals surface area contributed by atoms with Gasteiger partial charge in [0.25, 0.3) is 16.7 Å². The van der Waals surface area contributed by atoms with E-state index >= 15 is 0 Å². The Balaban J connectivity index is 1.42. The van der Waals surface area contributed by atoms with Crippen LogP contribution in [0.1, 0.15) is 16.8 Å². The molecular formula is C23H19ClN4O3S. The number of aromatic nitrogens is 2. The lowest BCUT2D eigenvalue weighted by molar-refractivity contribution is -0.122. The number of rotatable bonds is 6. The molecule has 1 aliphatic heterocycles. The lowest BCUT2D eigenvalue weighted by atomic mass is 10.2. The molecule has 1 saturated heterocycles. The summed E-state index contributed by atoms with van der Waals surface area (Å²) in [7, 11) is 0. The van der Waals surface area contributed by atoms with E-state index in [9.17, 15) is 14.4 Å². The number of aliphatic imine (C=N–C) groups is 1. The number of benzene rings is 2. The van der Waals surface area contributed by atoms with E-state index in [1.807, 2.05) is 30.3 Å². The fourth-order valence-corrected chi connectivity index (χ4v) is 4.18. The van der Waals surface area contributed by atoms with E-state index < -0.39 is 0 Å². The van der Waals surface area contributed by atoms with E-state index in [4.69, 9.17) is 11.6 Å². The van der Waals surface area contributed by atoms with Gasteiger partial charge in [-0.1, -0.05) is 41.9 Å². The van der Waals surface area contributed by atoms with Crippen LogP contribution in [-0.2, 0) is 4.79 Å². The van der Waals surface area contributed by atoms with Gasteiger partial charge in [0, 0.05) is 23.5 Å². The van der Waals surface area contributed by atoms with Crippen LogP contribution in [0.4, 0.5) is 4.79 Å². The summed E-state index contributed by atoms with van der Waals surface area (Å²) in [6, 6.07) is 16.2. The largest absolute Gasteiger partial charge is 0.295 e. The lowest BCUT2D eigenvalue weighted by Crippen LogP contribution is -2.30. The topological polar surface area (TPSA) is 87.5 Å². The zero-order valence-corrected chi connectivity index (χ0v) is 18.7. The number of nitrogens with zero attached hydrogens (tertiary/aromatic N) is 3. The molecule has 1 fully saturated rings. The first-order valence-electron chi connectivity index (χ1n) is 9.82. The van der Waals surface area contributed by atoms with Crippen LogP contribution in [0.3, 0.4) is 0 Å².